The standard InChI is InChI=1S/C19H17N3O/c1-23-18-9-8-15(7-6-14-4-2-5-16(20)12-14)13-17(18)19-21-10-3-11-22-19/h2-13H,20H2,1H3/b7-6+. The Morgan fingerprint density at radius 3 is 2.35 bits per heavy atom. The molecule has 3 aromatic rings. The fraction of sp³-hybridized carbons (Fsp3) is 0.0526. The zero-order chi connectivity index (χ0) is 16.1. The van der Waals surface area contributed by atoms with Gasteiger partial charge in [-0.2, -0.15) is 0 Å². The Bertz CT molecular complexity index is 829. The highest BCUT2D eigenvalue weighted by molar-refractivity contribution is 5.75. The lowest BCUT2D eigenvalue weighted by Crippen LogP contribution is -1.92. The van der Waals surface area contributed by atoms with Crippen LogP contribution in [0.25, 0.3) is 23.5 Å². The number of ether oxygens (including phenoxy) is 1. The molecule has 114 valence electrons. The molecule has 0 aliphatic heterocycles. The summed E-state index contributed by atoms with van der Waals surface area (Å²) in [5.74, 6) is 1.39. The van der Waals surface area contributed by atoms with Gasteiger partial charge >= 0.3 is 0 Å². The van der Waals surface area contributed by atoms with Crippen LogP contribution in [0.3, 0.4) is 0 Å². The summed E-state index contributed by atoms with van der Waals surface area (Å²) in [5.41, 5.74) is 9.50. The molecule has 3 rings (SSSR count). The first-order chi connectivity index (χ1) is 11.3. The van der Waals surface area contributed by atoms with Crippen molar-refractivity contribution in [3.63, 3.8) is 0 Å². The molecule has 0 spiro atoms. The van der Waals surface area contributed by atoms with Gasteiger partial charge in [0.25, 0.3) is 0 Å². The van der Waals surface area contributed by atoms with Crippen molar-refractivity contribution in [2.24, 2.45) is 0 Å². The first-order valence-corrected chi connectivity index (χ1v) is 7.25. The molecular weight excluding hydrogens is 286 g/mol. The molecule has 0 radical (unpaired) electrons. The molecule has 0 aliphatic carbocycles. The minimum absolute atomic E-state index is 0.642. The van der Waals surface area contributed by atoms with Crippen LogP contribution in [0, 0.1) is 0 Å². The summed E-state index contributed by atoms with van der Waals surface area (Å²) in [6.45, 7) is 0. The van der Waals surface area contributed by atoms with E-state index in [0.29, 0.717) is 5.82 Å². The molecule has 0 aliphatic rings. The third kappa shape index (κ3) is 3.55. The van der Waals surface area contributed by atoms with E-state index in [2.05, 4.69) is 9.97 Å². The molecule has 23 heavy (non-hydrogen) atoms. The quantitative estimate of drug-likeness (QED) is 0.586. The van der Waals surface area contributed by atoms with E-state index >= 15 is 0 Å². The van der Waals surface area contributed by atoms with Crippen molar-refractivity contribution in [3.05, 3.63) is 72.1 Å². The van der Waals surface area contributed by atoms with E-state index in [-0.39, 0.29) is 0 Å². The molecule has 0 unspecified atom stereocenters. The van der Waals surface area contributed by atoms with Gasteiger partial charge in [0.15, 0.2) is 5.82 Å². The fourth-order valence-corrected chi connectivity index (χ4v) is 2.30. The molecule has 4 nitrogen and oxygen atoms in total. The van der Waals surface area contributed by atoms with E-state index in [4.69, 9.17) is 10.5 Å². The number of hydrogen-bond donors (Lipinski definition) is 1. The lowest BCUT2D eigenvalue weighted by Gasteiger charge is -2.08. The lowest BCUT2D eigenvalue weighted by molar-refractivity contribution is 0.416. The molecule has 4 heteroatoms. The highest BCUT2D eigenvalue weighted by Gasteiger charge is 2.08. The maximum atomic E-state index is 5.80. The molecule has 2 N–H and O–H groups in total. The number of nitrogens with two attached hydrogens (primary N) is 1. The van der Waals surface area contributed by atoms with Crippen LogP contribution < -0.4 is 10.5 Å². The lowest BCUT2D eigenvalue weighted by atomic mass is 10.1. The van der Waals surface area contributed by atoms with Gasteiger partial charge in [-0.3, -0.25) is 0 Å². The Morgan fingerprint density at radius 1 is 0.913 bits per heavy atom. The highest BCUT2D eigenvalue weighted by Crippen LogP contribution is 2.28. The largest absolute Gasteiger partial charge is 0.496 e. The number of aromatic nitrogens is 2. The zero-order valence-corrected chi connectivity index (χ0v) is 12.8. The molecule has 0 atom stereocenters. The Morgan fingerprint density at radius 2 is 1.65 bits per heavy atom. The minimum atomic E-state index is 0.642. The average Bonchev–Trinajstić information content (AvgIpc) is 2.60. The van der Waals surface area contributed by atoms with Crippen LogP contribution in [0.2, 0.25) is 0 Å². The second-order valence-corrected chi connectivity index (χ2v) is 5.04. The third-order valence-corrected chi connectivity index (χ3v) is 3.41. The van der Waals surface area contributed by atoms with Crippen molar-refractivity contribution in [1.82, 2.24) is 9.97 Å². The van der Waals surface area contributed by atoms with E-state index in [9.17, 15) is 0 Å². The van der Waals surface area contributed by atoms with Crippen LogP contribution in [0.1, 0.15) is 11.1 Å². The normalized spacial score (nSPS) is 10.8. The Balaban J connectivity index is 1.95. The SMILES string of the molecule is COc1ccc(/C=C/c2cccc(N)c2)cc1-c1ncccn1. The summed E-state index contributed by atoms with van der Waals surface area (Å²) in [7, 11) is 1.64. The number of benzene rings is 2. The summed E-state index contributed by atoms with van der Waals surface area (Å²) in [4.78, 5) is 8.59. The van der Waals surface area contributed by atoms with Gasteiger partial charge in [-0.05, 0) is 41.5 Å². The van der Waals surface area contributed by atoms with Crippen molar-refractivity contribution in [2.45, 2.75) is 0 Å². The highest BCUT2D eigenvalue weighted by atomic mass is 16.5. The molecule has 1 aromatic heterocycles. The van der Waals surface area contributed by atoms with E-state index in [0.717, 1.165) is 28.1 Å². The fourth-order valence-electron chi connectivity index (χ4n) is 2.30. The summed E-state index contributed by atoms with van der Waals surface area (Å²) in [6, 6.07) is 15.5. The van der Waals surface area contributed by atoms with Crippen molar-refractivity contribution in [3.8, 4) is 17.1 Å². The second kappa shape index (κ2) is 6.75. The minimum Gasteiger partial charge on any atom is -0.496 e. The van der Waals surface area contributed by atoms with Gasteiger partial charge in [0.2, 0.25) is 0 Å². The van der Waals surface area contributed by atoms with Crippen LogP contribution in [0.15, 0.2) is 60.9 Å². The number of nitrogen functional groups attached to an aromatic ring is 1. The second-order valence-electron chi connectivity index (χ2n) is 5.04. The number of hydrogen-bond acceptors (Lipinski definition) is 4. The zero-order valence-electron chi connectivity index (χ0n) is 12.8. The van der Waals surface area contributed by atoms with Crippen LogP contribution in [-0.4, -0.2) is 17.1 Å². The summed E-state index contributed by atoms with van der Waals surface area (Å²) >= 11 is 0. The Labute approximate surface area is 135 Å². The first-order valence-electron chi connectivity index (χ1n) is 7.25. The van der Waals surface area contributed by atoms with Crippen LogP contribution >= 0.6 is 0 Å². The van der Waals surface area contributed by atoms with Gasteiger partial charge in [-0.15, -0.1) is 0 Å². The molecule has 2 aromatic carbocycles. The molecule has 0 saturated carbocycles. The van der Waals surface area contributed by atoms with Crippen LogP contribution in [-0.2, 0) is 0 Å². The van der Waals surface area contributed by atoms with Gasteiger partial charge in [0.05, 0.1) is 12.7 Å². The summed E-state index contributed by atoms with van der Waals surface area (Å²) < 4.78 is 5.41. The van der Waals surface area contributed by atoms with E-state index in [1.54, 1.807) is 25.6 Å². The molecular formula is C19H17N3O. The number of nitrogens with zero attached hydrogens (tertiary/aromatic N) is 2. The summed E-state index contributed by atoms with van der Waals surface area (Å²) in [5, 5.41) is 0. The molecule has 0 fully saturated rings. The summed E-state index contributed by atoms with van der Waals surface area (Å²) in [6.07, 6.45) is 7.49. The average molecular weight is 303 g/mol. The van der Waals surface area contributed by atoms with Crippen LogP contribution in [0.4, 0.5) is 5.69 Å². The van der Waals surface area contributed by atoms with Crippen molar-refractivity contribution < 1.29 is 4.74 Å². The molecule has 1 heterocycles. The number of anilines is 1. The van der Waals surface area contributed by atoms with E-state index in [1.807, 2.05) is 54.6 Å². The Kier molecular flexibility index (Phi) is 4.34. The van der Waals surface area contributed by atoms with Gasteiger partial charge in [-0.25, -0.2) is 9.97 Å². The Hall–Kier alpha value is -3.14. The predicted molar refractivity (Wildman–Crippen MR) is 93.8 cm³/mol. The number of rotatable bonds is 4. The van der Waals surface area contributed by atoms with Gasteiger partial charge in [0.1, 0.15) is 5.75 Å². The van der Waals surface area contributed by atoms with Gasteiger partial charge < -0.3 is 10.5 Å². The monoisotopic (exact) mass is 303 g/mol. The van der Waals surface area contributed by atoms with Crippen molar-refractivity contribution in [2.75, 3.05) is 12.8 Å². The number of methoxy groups -OCH3 is 1. The topological polar surface area (TPSA) is 61.0 Å². The van der Waals surface area contributed by atoms with Crippen molar-refractivity contribution in [1.29, 1.82) is 0 Å². The third-order valence-electron chi connectivity index (χ3n) is 3.41. The van der Waals surface area contributed by atoms with Crippen LogP contribution in [0.5, 0.6) is 5.75 Å². The molecule has 0 bridgehead atoms. The van der Waals surface area contributed by atoms with E-state index < -0.39 is 0 Å². The van der Waals surface area contributed by atoms with Gasteiger partial charge in [-0.1, -0.05) is 30.4 Å². The predicted octanol–water partition coefficient (Wildman–Crippen LogP) is 3.90. The van der Waals surface area contributed by atoms with E-state index in [1.165, 1.54) is 0 Å². The first kappa shape index (κ1) is 14.8. The molecule has 0 amide bonds. The smallest absolute Gasteiger partial charge is 0.162 e. The van der Waals surface area contributed by atoms with Gasteiger partial charge in [0, 0.05) is 18.1 Å². The van der Waals surface area contributed by atoms with Crippen molar-refractivity contribution >= 4 is 17.8 Å². The maximum Gasteiger partial charge on any atom is 0.162 e. The molecule has 0 saturated heterocycles. The maximum absolute atomic E-state index is 5.80.